The summed E-state index contributed by atoms with van der Waals surface area (Å²) < 4.78 is 17.9. The second-order valence-electron chi connectivity index (χ2n) is 15.1. The van der Waals surface area contributed by atoms with E-state index in [1.165, 1.54) is 20.2 Å². The number of nitrogens with zero attached hydrogens (tertiary/aromatic N) is 3. The van der Waals surface area contributed by atoms with Gasteiger partial charge in [0.25, 0.3) is 0 Å². The Labute approximate surface area is 357 Å². The summed E-state index contributed by atoms with van der Waals surface area (Å²) in [5, 5.41) is 7.03. The van der Waals surface area contributed by atoms with Crippen molar-refractivity contribution in [1.29, 1.82) is 0 Å². The summed E-state index contributed by atoms with van der Waals surface area (Å²) >= 11 is 1.81. The van der Waals surface area contributed by atoms with E-state index in [4.69, 9.17) is 15.0 Å². The van der Waals surface area contributed by atoms with Crippen molar-refractivity contribution in [3.05, 3.63) is 218 Å². The fourth-order valence-electron chi connectivity index (χ4n) is 8.50. The van der Waals surface area contributed by atoms with Crippen LogP contribution in [0.2, 0.25) is 0 Å². The Balaban J connectivity index is 1.12. The van der Waals surface area contributed by atoms with Crippen LogP contribution in [0.3, 0.4) is 0 Å². The molecule has 0 aliphatic heterocycles. The van der Waals surface area contributed by atoms with Crippen LogP contribution in [0.1, 0.15) is 0 Å². The molecule has 0 unspecified atom stereocenters. The number of rotatable bonds is 8. The third kappa shape index (κ3) is 6.56. The zero-order valence-corrected chi connectivity index (χ0v) is 34.6. The normalized spacial score (nSPS) is 11.7. The summed E-state index contributed by atoms with van der Waals surface area (Å²) in [5.41, 5.74) is 7.13. The van der Waals surface area contributed by atoms with Gasteiger partial charge in [-0.3, -0.25) is 0 Å². The molecular formula is C55H36N3OPS. The number of fused-ring (bicyclic) bond motifs is 4. The van der Waals surface area contributed by atoms with E-state index in [1.807, 2.05) is 133 Å². The van der Waals surface area contributed by atoms with Crippen LogP contribution in [0.5, 0.6) is 0 Å². The molecule has 0 aliphatic carbocycles. The highest BCUT2D eigenvalue weighted by atomic mass is 32.1. The van der Waals surface area contributed by atoms with E-state index in [2.05, 4.69) is 84.9 Å². The maximum atomic E-state index is 15.5. The molecule has 0 bridgehead atoms. The van der Waals surface area contributed by atoms with Gasteiger partial charge in [0.15, 0.2) is 24.6 Å². The summed E-state index contributed by atoms with van der Waals surface area (Å²) in [6, 6.07) is 74.5. The van der Waals surface area contributed by atoms with Crippen LogP contribution in [0, 0.1) is 0 Å². The van der Waals surface area contributed by atoms with Gasteiger partial charge in [0.1, 0.15) is 0 Å². The van der Waals surface area contributed by atoms with Crippen LogP contribution in [0.25, 0.3) is 87.4 Å². The second kappa shape index (κ2) is 15.4. The quantitative estimate of drug-likeness (QED) is 0.143. The molecule has 0 amide bonds. The first-order valence-corrected chi connectivity index (χ1v) is 22.8. The Morgan fingerprint density at radius 1 is 0.328 bits per heavy atom. The maximum absolute atomic E-state index is 15.5. The molecule has 11 aromatic rings. The number of aromatic nitrogens is 3. The number of hydrogen-bond acceptors (Lipinski definition) is 5. The third-order valence-electron chi connectivity index (χ3n) is 11.4. The Bertz CT molecular complexity index is 3340. The fourth-order valence-corrected chi connectivity index (χ4v) is 12.4. The van der Waals surface area contributed by atoms with Crippen LogP contribution < -0.4 is 15.9 Å². The molecule has 0 atom stereocenters. The zero-order chi connectivity index (χ0) is 40.8. The van der Waals surface area contributed by atoms with E-state index in [-0.39, 0.29) is 0 Å². The first-order valence-electron chi connectivity index (χ1n) is 20.3. The first-order chi connectivity index (χ1) is 30.1. The number of hydrogen-bond donors (Lipinski definition) is 0. The fraction of sp³-hybridized carbons (Fsp3) is 0. The third-order valence-corrected chi connectivity index (χ3v) is 15.6. The molecule has 4 nitrogen and oxygen atoms in total. The number of thiophene rings is 1. The van der Waals surface area contributed by atoms with Crippen LogP contribution in [-0.4, -0.2) is 15.0 Å². The summed E-state index contributed by atoms with van der Waals surface area (Å²) in [5.74, 6) is 1.87. The Morgan fingerprint density at radius 3 is 1.43 bits per heavy atom. The summed E-state index contributed by atoms with van der Waals surface area (Å²) in [6.07, 6.45) is 0. The van der Waals surface area contributed by atoms with Crippen molar-refractivity contribution < 1.29 is 4.57 Å². The molecule has 2 aromatic heterocycles. The molecule has 0 spiro atoms. The van der Waals surface area contributed by atoms with E-state index in [0.717, 1.165) is 65.6 Å². The smallest absolute Gasteiger partial charge is 0.171 e. The molecule has 288 valence electrons. The van der Waals surface area contributed by atoms with Gasteiger partial charge in [-0.25, -0.2) is 15.0 Å². The van der Waals surface area contributed by atoms with Crippen LogP contribution in [0.15, 0.2) is 218 Å². The first kappa shape index (κ1) is 36.8. The minimum absolute atomic E-state index is 0.619. The monoisotopic (exact) mass is 817 g/mol. The minimum atomic E-state index is -3.19. The van der Waals surface area contributed by atoms with Crippen LogP contribution >= 0.6 is 18.5 Å². The lowest BCUT2D eigenvalue weighted by Gasteiger charge is -2.21. The molecule has 0 radical (unpaired) electrons. The molecule has 11 rings (SSSR count). The van der Waals surface area contributed by atoms with Crippen molar-refractivity contribution in [3.63, 3.8) is 0 Å². The molecular weight excluding hydrogens is 782 g/mol. The highest BCUT2D eigenvalue weighted by Crippen LogP contribution is 2.47. The Morgan fingerprint density at radius 2 is 0.803 bits per heavy atom. The van der Waals surface area contributed by atoms with Crippen molar-refractivity contribution in [3.8, 4) is 56.4 Å². The van der Waals surface area contributed by atoms with E-state index >= 15 is 4.57 Å². The SMILES string of the molecule is O=P(c1ccccc1)(c1ccccc1)c1cccc(-c2cc(-c3ccc(-c4nc(-c5ccccc5)nc(-c5ccccc5)n4)c4ccccc34)c3c(c2)sc2ccccc23)c1. The molecule has 0 saturated carbocycles. The van der Waals surface area contributed by atoms with Gasteiger partial charge >= 0.3 is 0 Å². The summed E-state index contributed by atoms with van der Waals surface area (Å²) in [7, 11) is -3.19. The largest absolute Gasteiger partial charge is 0.309 e. The van der Waals surface area contributed by atoms with Crippen molar-refractivity contribution in [2.24, 2.45) is 0 Å². The lowest BCUT2D eigenvalue weighted by molar-refractivity contribution is 0.592. The highest BCUT2D eigenvalue weighted by Gasteiger charge is 2.30. The summed E-state index contributed by atoms with van der Waals surface area (Å²) in [6.45, 7) is 0. The molecule has 61 heavy (non-hydrogen) atoms. The predicted molar refractivity (Wildman–Crippen MR) is 257 cm³/mol. The van der Waals surface area contributed by atoms with Gasteiger partial charge in [-0.05, 0) is 63.4 Å². The number of benzene rings is 9. The Kier molecular flexibility index (Phi) is 9.27. The highest BCUT2D eigenvalue weighted by molar-refractivity contribution is 7.85. The molecule has 0 aliphatic rings. The molecule has 0 fully saturated rings. The Hall–Kier alpha value is -7.30. The van der Waals surface area contributed by atoms with Crippen LogP contribution in [-0.2, 0) is 4.57 Å². The van der Waals surface area contributed by atoms with Gasteiger partial charge in [-0.15, -0.1) is 11.3 Å². The molecule has 0 saturated heterocycles. The zero-order valence-electron chi connectivity index (χ0n) is 32.9. The lowest BCUT2D eigenvalue weighted by atomic mass is 9.90. The topological polar surface area (TPSA) is 55.7 Å². The van der Waals surface area contributed by atoms with Crippen molar-refractivity contribution >= 4 is 65.3 Å². The standard InChI is InChI=1S/C55H36N3OPS/c59-60(41-23-9-3-10-24-41,42-25-11-4-12-26-42)43-27-17-22-39(34-43)40-35-49(52-48-30-15-16-31-50(48)61-51(52)36-40)46-32-33-47(45-29-14-13-28-44(45)46)55-57-53(37-18-5-1-6-19-37)56-54(58-55)38-20-7-2-8-21-38/h1-36H. The lowest BCUT2D eigenvalue weighted by Crippen LogP contribution is -2.25. The molecule has 9 aromatic carbocycles. The average Bonchev–Trinajstić information content (AvgIpc) is 3.73. The molecule has 0 N–H and O–H groups in total. The van der Waals surface area contributed by atoms with Gasteiger partial charge in [-0.1, -0.05) is 188 Å². The van der Waals surface area contributed by atoms with Gasteiger partial charge in [0.2, 0.25) is 0 Å². The maximum Gasteiger partial charge on any atom is 0.171 e. The van der Waals surface area contributed by atoms with Crippen molar-refractivity contribution in [2.75, 3.05) is 0 Å². The van der Waals surface area contributed by atoms with E-state index < -0.39 is 7.14 Å². The second-order valence-corrected chi connectivity index (χ2v) is 18.9. The van der Waals surface area contributed by atoms with Crippen LogP contribution in [0.4, 0.5) is 0 Å². The average molecular weight is 818 g/mol. The van der Waals surface area contributed by atoms with Gasteiger partial charge in [-0.2, -0.15) is 0 Å². The van der Waals surface area contributed by atoms with Gasteiger partial charge in [0, 0.05) is 52.8 Å². The summed E-state index contributed by atoms with van der Waals surface area (Å²) in [4.78, 5) is 15.2. The predicted octanol–water partition coefficient (Wildman–Crippen LogP) is 13.4. The van der Waals surface area contributed by atoms with Gasteiger partial charge < -0.3 is 4.57 Å². The van der Waals surface area contributed by atoms with Crippen molar-refractivity contribution in [2.45, 2.75) is 0 Å². The minimum Gasteiger partial charge on any atom is -0.309 e. The molecule has 2 heterocycles. The van der Waals surface area contributed by atoms with E-state index in [9.17, 15) is 0 Å². The van der Waals surface area contributed by atoms with E-state index in [1.54, 1.807) is 11.3 Å². The van der Waals surface area contributed by atoms with E-state index in [0.29, 0.717) is 17.5 Å². The molecule has 6 heteroatoms. The van der Waals surface area contributed by atoms with Crippen molar-refractivity contribution in [1.82, 2.24) is 15.0 Å². The van der Waals surface area contributed by atoms with Gasteiger partial charge in [0.05, 0.1) is 0 Å².